The maximum atomic E-state index is 5.21. The molecule has 0 aliphatic heterocycles. The number of rotatable bonds is 6. The molecule has 0 saturated heterocycles. The fraction of sp³-hybridized carbons (Fsp3) is 0.219. The molecular formula is C32H30N2S2. The third kappa shape index (κ3) is 3.99. The van der Waals surface area contributed by atoms with E-state index in [-0.39, 0.29) is 0 Å². The van der Waals surface area contributed by atoms with Crippen LogP contribution in [0.2, 0.25) is 0 Å². The predicted octanol–water partition coefficient (Wildman–Crippen LogP) is 9.94. The first-order chi connectivity index (χ1) is 17.5. The van der Waals surface area contributed by atoms with E-state index in [2.05, 4.69) is 115 Å². The number of para-hydroxylation sites is 2. The van der Waals surface area contributed by atoms with E-state index in [1.807, 2.05) is 0 Å². The number of aromatic nitrogens is 2. The minimum absolute atomic E-state index is 0.465. The molecule has 3 aromatic carbocycles. The van der Waals surface area contributed by atoms with Crippen LogP contribution in [-0.4, -0.2) is 9.55 Å². The molecule has 0 aliphatic rings. The lowest BCUT2D eigenvalue weighted by Crippen LogP contribution is -2.10. The minimum Gasteiger partial charge on any atom is -0.319 e. The van der Waals surface area contributed by atoms with Crippen molar-refractivity contribution in [3.63, 3.8) is 0 Å². The van der Waals surface area contributed by atoms with E-state index in [0.717, 1.165) is 17.9 Å². The molecular weight excluding hydrogens is 477 g/mol. The van der Waals surface area contributed by atoms with Gasteiger partial charge in [0.1, 0.15) is 5.82 Å². The second-order valence-corrected chi connectivity index (χ2v) is 11.8. The number of benzene rings is 3. The van der Waals surface area contributed by atoms with Crippen molar-refractivity contribution in [2.45, 2.75) is 46.1 Å². The Bertz CT molecular complexity index is 1640. The van der Waals surface area contributed by atoms with Crippen LogP contribution in [0.5, 0.6) is 0 Å². The van der Waals surface area contributed by atoms with Crippen molar-refractivity contribution in [1.29, 1.82) is 0 Å². The molecule has 0 aliphatic carbocycles. The predicted molar refractivity (Wildman–Crippen MR) is 158 cm³/mol. The third-order valence-electron chi connectivity index (χ3n) is 7.13. The average molecular weight is 507 g/mol. The summed E-state index contributed by atoms with van der Waals surface area (Å²) in [4.78, 5) is 5.21. The van der Waals surface area contributed by atoms with Gasteiger partial charge in [0, 0.05) is 21.0 Å². The molecule has 0 atom stereocenters. The summed E-state index contributed by atoms with van der Waals surface area (Å²) in [6.45, 7) is 10.0. The van der Waals surface area contributed by atoms with Crippen LogP contribution in [0.3, 0.4) is 0 Å². The van der Waals surface area contributed by atoms with Gasteiger partial charge in [-0.05, 0) is 80.7 Å². The highest BCUT2D eigenvalue weighted by atomic mass is 32.1. The van der Waals surface area contributed by atoms with Crippen molar-refractivity contribution in [1.82, 2.24) is 9.55 Å². The number of hydrogen-bond donors (Lipinski definition) is 0. The van der Waals surface area contributed by atoms with Gasteiger partial charge in [0.25, 0.3) is 0 Å². The lowest BCUT2D eigenvalue weighted by Gasteiger charge is -2.21. The van der Waals surface area contributed by atoms with Crippen molar-refractivity contribution in [3.8, 4) is 22.5 Å². The zero-order valence-corrected chi connectivity index (χ0v) is 22.8. The molecule has 0 bridgehead atoms. The minimum atomic E-state index is 0.465. The van der Waals surface area contributed by atoms with Crippen molar-refractivity contribution < 1.29 is 0 Å². The second-order valence-electron chi connectivity index (χ2n) is 10.1. The van der Waals surface area contributed by atoms with E-state index in [1.54, 1.807) is 22.7 Å². The molecule has 3 aromatic heterocycles. The van der Waals surface area contributed by atoms with Gasteiger partial charge in [0.15, 0.2) is 0 Å². The molecule has 0 amide bonds. The molecule has 3 heterocycles. The van der Waals surface area contributed by atoms with Crippen LogP contribution in [0.15, 0.2) is 82.9 Å². The summed E-state index contributed by atoms with van der Waals surface area (Å²) in [5.41, 5.74) is 10.3. The number of imidazole rings is 1. The third-order valence-corrected chi connectivity index (χ3v) is 8.78. The molecule has 180 valence electrons. The van der Waals surface area contributed by atoms with E-state index in [0.29, 0.717) is 11.8 Å². The van der Waals surface area contributed by atoms with E-state index < -0.39 is 0 Å². The number of fused-ring (bicyclic) bond motifs is 2. The SMILES string of the molecule is CC(C)c1cccc(C(C)C)c1Cn1c(-c2csc3ccc(-c4ccsc4)cc23)nc2ccccc21. The normalized spacial score (nSPS) is 11.9. The van der Waals surface area contributed by atoms with Crippen molar-refractivity contribution >= 4 is 43.8 Å². The second kappa shape index (κ2) is 9.34. The summed E-state index contributed by atoms with van der Waals surface area (Å²) in [6, 6.07) is 24.4. The molecule has 0 unspecified atom stereocenters. The summed E-state index contributed by atoms with van der Waals surface area (Å²) in [7, 11) is 0. The molecule has 2 nitrogen and oxygen atoms in total. The molecule has 0 radical (unpaired) electrons. The van der Waals surface area contributed by atoms with E-state index in [9.17, 15) is 0 Å². The number of nitrogens with zero attached hydrogens (tertiary/aromatic N) is 2. The van der Waals surface area contributed by atoms with Gasteiger partial charge in [-0.15, -0.1) is 11.3 Å². The van der Waals surface area contributed by atoms with Crippen LogP contribution in [0, 0.1) is 0 Å². The van der Waals surface area contributed by atoms with Crippen molar-refractivity contribution in [2.24, 2.45) is 0 Å². The van der Waals surface area contributed by atoms with Gasteiger partial charge in [-0.3, -0.25) is 0 Å². The molecule has 6 rings (SSSR count). The first-order valence-electron chi connectivity index (χ1n) is 12.6. The Morgan fingerprint density at radius 2 is 1.58 bits per heavy atom. The first-order valence-corrected chi connectivity index (χ1v) is 14.4. The number of thiophene rings is 2. The topological polar surface area (TPSA) is 17.8 Å². The molecule has 0 saturated carbocycles. The lowest BCUT2D eigenvalue weighted by molar-refractivity contribution is 0.750. The number of hydrogen-bond acceptors (Lipinski definition) is 3. The van der Waals surface area contributed by atoms with Crippen LogP contribution in [0.4, 0.5) is 0 Å². The zero-order chi connectivity index (χ0) is 24.8. The monoisotopic (exact) mass is 506 g/mol. The highest BCUT2D eigenvalue weighted by Gasteiger charge is 2.20. The Balaban J connectivity index is 1.58. The molecule has 4 heteroatoms. The van der Waals surface area contributed by atoms with E-state index in [4.69, 9.17) is 4.98 Å². The van der Waals surface area contributed by atoms with Gasteiger partial charge in [0.2, 0.25) is 0 Å². The van der Waals surface area contributed by atoms with Gasteiger partial charge in [-0.1, -0.05) is 64.1 Å². The fourth-order valence-electron chi connectivity index (χ4n) is 5.30. The largest absolute Gasteiger partial charge is 0.319 e. The van der Waals surface area contributed by atoms with Gasteiger partial charge in [0.05, 0.1) is 17.6 Å². The Kier molecular flexibility index (Phi) is 6.02. The molecule has 36 heavy (non-hydrogen) atoms. The van der Waals surface area contributed by atoms with Gasteiger partial charge in [-0.2, -0.15) is 11.3 Å². The lowest BCUT2D eigenvalue weighted by atomic mass is 9.88. The van der Waals surface area contributed by atoms with Crippen molar-refractivity contribution in [3.05, 3.63) is 99.6 Å². The maximum absolute atomic E-state index is 5.21. The van der Waals surface area contributed by atoms with Crippen LogP contribution in [0.1, 0.15) is 56.2 Å². The van der Waals surface area contributed by atoms with Gasteiger partial charge >= 0.3 is 0 Å². The first kappa shape index (κ1) is 23.2. The molecule has 0 fully saturated rings. The highest BCUT2D eigenvalue weighted by Crippen LogP contribution is 2.39. The average Bonchev–Trinajstić information content (AvgIpc) is 3.62. The van der Waals surface area contributed by atoms with Crippen molar-refractivity contribution in [2.75, 3.05) is 0 Å². The fourth-order valence-corrected chi connectivity index (χ4v) is 6.88. The van der Waals surface area contributed by atoms with E-state index >= 15 is 0 Å². The Morgan fingerprint density at radius 1 is 0.806 bits per heavy atom. The molecule has 0 N–H and O–H groups in total. The summed E-state index contributed by atoms with van der Waals surface area (Å²) in [6.07, 6.45) is 0. The maximum Gasteiger partial charge on any atom is 0.142 e. The quantitative estimate of drug-likeness (QED) is 0.220. The van der Waals surface area contributed by atoms with Gasteiger partial charge < -0.3 is 4.57 Å². The molecule has 0 spiro atoms. The van der Waals surface area contributed by atoms with Crippen LogP contribution >= 0.6 is 22.7 Å². The van der Waals surface area contributed by atoms with Crippen LogP contribution < -0.4 is 0 Å². The Morgan fingerprint density at radius 3 is 2.31 bits per heavy atom. The summed E-state index contributed by atoms with van der Waals surface area (Å²) >= 11 is 3.55. The van der Waals surface area contributed by atoms with E-state index in [1.165, 1.54) is 49.0 Å². The standard InChI is InChI=1S/C32H30N2S2/c1-20(2)24-8-7-9-25(21(3)4)27(24)17-34-30-11-6-5-10-29(30)33-32(34)28-19-36-31-13-12-22(16-26(28)31)23-14-15-35-18-23/h5-16,18-21H,17H2,1-4H3. The van der Waals surface area contributed by atoms with Crippen LogP contribution in [0.25, 0.3) is 43.6 Å². The smallest absolute Gasteiger partial charge is 0.142 e. The van der Waals surface area contributed by atoms with Gasteiger partial charge in [-0.25, -0.2) is 4.98 Å². The summed E-state index contributed by atoms with van der Waals surface area (Å²) in [5.74, 6) is 1.98. The Hall–Kier alpha value is -3.21. The highest BCUT2D eigenvalue weighted by molar-refractivity contribution is 7.17. The summed E-state index contributed by atoms with van der Waals surface area (Å²) in [5, 5.41) is 7.93. The molecule has 6 aromatic rings. The Labute approximate surface area is 220 Å². The van der Waals surface area contributed by atoms with Crippen LogP contribution in [-0.2, 0) is 6.54 Å². The summed E-state index contributed by atoms with van der Waals surface area (Å²) < 4.78 is 3.74. The zero-order valence-electron chi connectivity index (χ0n) is 21.2.